The van der Waals surface area contributed by atoms with Gasteiger partial charge in [0, 0.05) is 25.7 Å². The molecule has 0 heterocycles. The van der Waals surface area contributed by atoms with Crippen molar-refractivity contribution in [1.29, 1.82) is 0 Å². The fourth-order valence-corrected chi connectivity index (χ4v) is 2.92. The van der Waals surface area contributed by atoms with Gasteiger partial charge < -0.3 is 15.4 Å². The van der Waals surface area contributed by atoms with E-state index in [0.29, 0.717) is 6.04 Å². The number of ether oxygens (including phenoxy) is 1. The maximum atomic E-state index is 5.89. The molecule has 1 saturated carbocycles. The number of nitrogens with one attached hydrogen (secondary N) is 2. The van der Waals surface area contributed by atoms with Crippen molar-refractivity contribution < 1.29 is 4.74 Å². The molecule has 1 aromatic carbocycles. The average molecular weight is 445 g/mol. The van der Waals surface area contributed by atoms with Crippen LogP contribution in [0.4, 0.5) is 0 Å². The summed E-state index contributed by atoms with van der Waals surface area (Å²) < 4.78 is 5.89. The molecule has 0 saturated heterocycles. The van der Waals surface area contributed by atoms with Crippen LogP contribution in [0.15, 0.2) is 35.3 Å². The average Bonchev–Trinajstić information content (AvgIpc) is 3.08. The van der Waals surface area contributed by atoms with Crippen LogP contribution in [-0.4, -0.2) is 31.7 Å². The van der Waals surface area contributed by atoms with E-state index in [4.69, 9.17) is 4.74 Å². The van der Waals surface area contributed by atoms with Crippen LogP contribution in [0.3, 0.4) is 0 Å². The molecule has 24 heavy (non-hydrogen) atoms. The number of nitrogens with zero attached hydrogens (tertiary/aromatic N) is 1. The molecule has 1 aromatic rings. The molecule has 1 fully saturated rings. The Morgan fingerprint density at radius 1 is 1.25 bits per heavy atom. The van der Waals surface area contributed by atoms with Gasteiger partial charge in [-0.3, -0.25) is 4.99 Å². The van der Waals surface area contributed by atoms with Gasteiger partial charge >= 0.3 is 0 Å². The van der Waals surface area contributed by atoms with Gasteiger partial charge in [0.25, 0.3) is 0 Å². The molecule has 0 amide bonds. The fourth-order valence-electron chi connectivity index (χ4n) is 2.92. The number of halogens is 1. The minimum absolute atomic E-state index is 0. The number of hydrogen-bond acceptors (Lipinski definition) is 2. The topological polar surface area (TPSA) is 45.7 Å². The van der Waals surface area contributed by atoms with E-state index < -0.39 is 0 Å². The highest BCUT2D eigenvalue weighted by atomic mass is 127. The van der Waals surface area contributed by atoms with Crippen LogP contribution in [0.5, 0.6) is 0 Å². The van der Waals surface area contributed by atoms with Gasteiger partial charge in [0.2, 0.25) is 0 Å². The zero-order chi connectivity index (χ0) is 16.3. The number of aliphatic imine (C=N–C) groups is 1. The Labute approximate surface area is 163 Å². The lowest BCUT2D eigenvalue weighted by molar-refractivity contribution is 0.0652. The summed E-state index contributed by atoms with van der Waals surface area (Å²) in [6, 6.07) is 11.0. The van der Waals surface area contributed by atoms with Crippen LogP contribution in [0.2, 0.25) is 0 Å². The van der Waals surface area contributed by atoms with Crippen LogP contribution in [-0.2, 0) is 4.74 Å². The molecule has 0 spiro atoms. The predicted octanol–water partition coefficient (Wildman–Crippen LogP) is 4.27. The first-order valence-corrected chi connectivity index (χ1v) is 9.01. The third-order valence-corrected chi connectivity index (χ3v) is 4.25. The lowest BCUT2D eigenvalue weighted by atomic mass is 10.1. The summed E-state index contributed by atoms with van der Waals surface area (Å²) in [6.45, 7) is 6.65. The highest BCUT2D eigenvalue weighted by molar-refractivity contribution is 14.0. The van der Waals surface area contributed by atoms with E-state index in [9.17, 15) is 0 Å². The van der Waals surface area contributed by atoms with Gasteiger partial charge in [-0.25, -0.2) is 0 Å². The second kappa shape index (κ2) is 12.5. The Morgan fingerprint density at radius 2 is 1.96 bits per heavy atom. The predicted molar refractivity (Wildman–Crippen MR) is 112 cm³/mol. The van der Waals surface area contributed by atoms with Crippen LogP contribution in [0.25, 0.3) is 0 Å². The SMILES string of the molecule is CCNC(=NCCCOC(C)c1ccccc1)NC1CCCC1.I. The number of rotatable bonds is 8. The van der Waals surface area contributed by atoms with Crippen LogP contribution in [0, 0.1) is 0 Å². The largest absolute Gasteiger partial charge is 0.374 e. The molecule has 1 aliphatic rings. The van der Waals surface area contributed by atoms with E-state index in [1.165, 1.54) is 31.2 Å². The molecule has 1 unspecified atom stereocenters. The van der Waals surface area contributed by atoms with E-state index in [-0.39, 0.29) is 30.1 Å². The molecular formula is C19H32IN3O. The van der Waals surface area contributed by atoms with Crippen molar-refractivity contribution in [2.45, 2.75) is 58.1 Å². The third kappa shape index (κ3) is 7.83. The van der Waals surface area contributed by atoms with Crippen molar-refractivity contribution in [1.82, 2.24) is 10.6 Å². The molecule has 1 atom stereocenters. The lowest BCUT2D eigenvalue weighted by Gasteiger charge is -2.17. The van der Waals surface area contributed by atoms with Crippen LogP contribution < -0.4 is 10.6 Å². The van der Waals surface area contributed by atoms with E-state index in [1.54, 1.807) is 0 Å². The molecule has 0 radical (unpaired) electrons. The quantitative estimate of drug-likeness (QED) is 0.272. The third-order valence-electron chi connectivity index (χ3n) is 4.25. The molecule has 136 valence electrons. The Bertz CT molecular complexity index is 461. The Morgan fingerprint density at radius 3 is 2.62 bits per heavy atom. The molecule has 2 N–H and O–H groups in total. The monoisotopic (exact) mass is 445 g/mol. The molecular weight excluding hydrogens is 413 g/mol. The summed E-state index contributed by atoms with van der Waals surface area (Å²) in [5.41, 5.74) is 1.23. The fraction of sp³-hybridized carbons (Fsp3) is 0.632. The zero-order valence-electron chi connectivity index (χ0n) is 15.0. The summed E-state index contributed by atoms with van der Waals surface area (Å²) >= 11 is 0. The summed E-state index contributed by atoms with van der Waals surface area (Å²) in [5.74, 6) is 0.954. The van der Waals surface area contributed by atoms with Gasteiger partial charge in [-0.2, -0.15) is 0 Å². The molecule has 1 aliphatic carbocycles. The summed E-state index contributed by atoms with van der Waals surface area (Å²) in [5, 5.41) is 6.87. The Balaban J connectivity index is 0.00000288. The highest BCUT2D eigenvalue weighted by Crippen LogP contribution is 2.17. The highest BCUT2D eigenvalue weighted by Gasteiger charge is 2.15. The van der Waals surface area contributed by atoms with E-state index in [0.717, 1.165) is 32.1 Å². The van der Waals surface area contributed by atoms with E-state index >= 15 is 0 Å². The Kier molecular flexibility index (Phi) is 11.1. The molecule has 0 aliphatic heterocycles. The number of hydrogen-bond donors (Lipinski definition) is 2. The number of benzene rings is 1. The van der Waals surface area contributed by atoms with Crippen molar-refractivity contribution in [2.75, 3.05) is 19.7 Å². The lowest BCUT2D eigenvalue weighted by Crippen LogP contribution is -2.42. The first kappa shape index (κ1) is 21.2. The molecule has 5 heteroatoms. The Hall–Kier alpha value is -0.820. The van der Waals surface area contributed by atoms with E-state index in [2.05, 4.69) is 53.7 Å². The van der Waals surface area contributed by atoms with Crippen molar-refractivity contribution in [3.05, 3.63) is 35.9 Å². The van der Waals surface area contributed by atoms with Crippen molar-refractivity contribution in [2.24, 2.45) is 4.99 Å². The van der Waals surface area contributed by atoms with Crippen molar-refractivity contribution in [3.63, 3.8) is 0 Å². The maximum Gasteiger partial charge on any atom is 0.191 e. The van der Waals surface area contributed by atoms with E-state index in [1.807, 2.05) is 6.07 Å². The van der Waals surface area contributed by atoms with Crippen molar-refractivity contribution in [3.8, 4) is 0 Å². The maximum absolute atomic E-state index is 5.89. The summed E-state index contributed by atoms with van der Waals surface area (Å²) in [6.07, 6.45) is 6.29. The summed E-state index contributed by atoms with van der Waals surface area (Å²) in [7, 11) is 0. The molecule has 4 nitrogen and oxygen atoms in total. The normalized spacial score (nSPS) is 16.5. The minimum atomic E-state index is 0. The minimum Gasteiger partial charge on any atom is -0.374 e. The van der Waals surface area contributed by atoms with Gasteiger partial charge in [-0.05, 0) is 38.7 Å². The van der Waals surface area contributed by atoms with Gasteiger partial charge in [0.1, 0.15) is 0 Å². The zero-order valence-corrected chi connectivity index (χ0v) is 17.3. The second-order valence-corrected chi connectivity index (χ2v) is 6.16. The van der Waals surface area contributed by atoms with Crippen LogP contribution in [0.1, 0.15) is 57.6 Å². The first-order chi connectivity index (χ1) is 11.3. The standard InChI is InChI=1S/C19H31N3O.HI/c1-3-20-19(22-18-12-7-8-13-18)21-14-9-15-23-16(2)17-10-5-4-6-11-17;/h4-6,10-11,16,18H,3,7-9,12-15H2,1-2H3,(H2,20,21,22);1H. The summed E-state index contributed by atoms with van der Waals surface area (Å²) in [4.78, 5) is 4.66. The van der Waals surface area contributed by atoms with Gasteiger partial charge in [0.15, 0.2) is 5.96 Å². The second-order valence-electron chi connectivity index (χ2n) is 6.16. The first-order valence-electron chi connectivity index (χ1n) is 9.01. The van der Waals surface area contributed by atoms with Gasteiger partial charge in [0.05, 0.1) is 6.10 Å². The van der Waals surface area contributed by atoms with Crippen molar-refractivity contribution >= 4 is 29.9 Å². The molecule has 2 rings (SSSR count). The van der Waals surface area contributed by atoms with Gasteiger partial charge in [-0.1, -0.05) is 43.2 Å². The molecule has 0 aromatic heterocycles. The van der Waals surface area contributed by atoms with Crippen LogP contribution >= 0.6 is 24.0 Å². The molecule has 0 bridgehead atoms. The number of guanidine groups is 1. The van der Waals surface area contributed by atoms with Gasteiger partial charge in [-0.15, -0.1) is 24.0 Å². The smallest absolute Gasteiger partial charge is 0.191 e.